The molecule has 1 rings (SSSR count). The lowest BCUT2D eigenvalue weighted by Gasteiger charge is -2.19. The molecule has 21 heavy (non-hydrogen) atoms. The van der Waals surface area contributed by atoms with E-state index in [2.05, 4.69) is 4.99 Å². The highest BCUT2D eigenvalue weighted by Gasteiger charge is 2.18. The molecule has 2 N–H and O–H groups in total. The van der Waals surface area contributed by atoms with Crippen LogP contribution >= 0.6 is 0 Å². The molecule has 112 valence electrons. The number of benzene rings is 1. The SMILES string of the molecule is CCC(C)=C(CN(C)C(=O)c1ccccc1)C(=O)N=CN. The fourth-order valence-electron chi connectivity index (χ4n) is 1.85. The van der Waals surface area contributed by atoms with E-state index in [1.165, 1.54) is 4.90 Å². The van der Waals surface area contributed by atoms with E-state index in [-0.39, 0.29) is 12.5 Å². The summed E-state index contributed by atoms with van der Waals surface area (Å²) in [5, 5.41) is 0. The van der Waals surface area contributed by atoms with Gasteiger partial charge in [0.15, 0.2) is 0 Å². The topological polar surface area (TPSA) is 75.8 Å². The van der Waals surface area contributed by atoms with E-state index >= 15 is 0 Å². The maximum atomic E-state index is 12.3. The van der Waals surface area contributed by atoms with Crippen molar-refractivity contribution >= 4 is 18.2 Å². The summed E-state index contributed by atoms with van der Waals surface area (Å²) in [6, 6.07) is 8.95. The minimum Gasteiger partial charge on any atom is -0.390 e. The van der Waals surface area contributed by atoms with Crippen molar-refractivity contribution in [1.82, 2.24) is 4.90 Å². The molecular formula is C16H21N3O2. The smallest absolute Gasteiger partial charge is 0.276 e. The average Bonchev–Trinajstić information content (AvgIpc) is 2.51. The molecule has 0 spiro atoms. The molecule has 1 aromatic rings. The van der Waals surface area contributed by atoms with Gasteiger partial charge in [-0.3, -0.25) is 9.59 Å². The maximum Gasteiger partial charge on any atom is 0.276 e. The van der Waals surface area contributed by atoms with E-state index in [0.717, 1.165) is 11.9 Å². The Morgan fingerprint density at radius 2 is 1.90 bits per heavy atom. The van der Waals surface area contributed by atoms with Crippen LogP contribution in [0.2, 0.25) is 0 Å². The Kier molecular flexibility index (Phi) is 6.33. The van der Waals surface area contributed by atoms with Gasteiger partial charge in [0.05, 0.1) is 12.9 Å². The monoisotopic (exact) mass is 287 g/mol. The van der Waals surface area contributed by atoms with Crippen molar-refractivity contribution in [3.05, 3.63) is 47.0 Å². The summed E-state index contributed by atoms with van der Waals surface area (Å²) in [6.45, 7) is 4.03. The van der Waals surface area contributed by atoms with Crippen molar-refractivity contribution in [3.8, 4) is 0 Å². The van der Waals surface area contributed by atoms with Gasteiger partial charge in [-0.15, -0.1) is 0 Å². The van der Waals surface area contributed by atoms with E-state index in [1.807, 2.05) is 19.9 Å². The fourth-order valence-corrected chi connectivity index (χ4v) is 1.85. The molecule has 5 nitrogen and oxygen atoms in total. The molecule has 0 atom stereocenters. The summed E-state index contributed by atoms with van der Waals surface area (Å²) < 4.78 is 0. The van der Waals surface area contributed by atoms with Gasteiger partial charge in [-0.05, 0) is 25.5 Å². The van der Waals surface area contributed by atoms with Crippen LogP contribution in [0.1, 0.15) is 30.6 Å². The summed E-state index contributed by atoms with van der Waals surface area (Å²) in [5.74, 6) is -0.536. The number of aliphatic imine (C=N–C) groups is 1. The van der Waals surface area contributed by atoms with Crippen molar-refractivity contribution in [2.75, 3.05) is 13.6 Å². The highest BCUT2D eigenvalue weighted by atomic mass is 16.2. The van der Waals surface area contributed by atoms with Crippen molar-refractivity contribution in [2.45, 2.75) is 20.3 Å². The van der Waals surface area contributed by atoms with Crippen LogP contribution in [0.25, 0.3) is 0 Å². The second-order valence-electron chi connectivity index (χ2n) is 4.72. The third kappa shape index (κ3) is 4.56. The largest absolute Gasteiger partial charge is 0.390 e. The Morgan fingerprint density at radius 1 is 1.29 bits per heavy atom. The second kappa shape index (κ2) is 7.99. The zero-order valence-corrected chi connectivity index (χ0v) is 12.7. The lowest BCUT2D eigenvalue weighted by Crippen LogP contribution is -2.31. The first kappa shape index (κ1) is 16.6. The standard InChI is InChI=1S/C16H21N3O2/c1-4-12(2)14(15(20)18-11-17)10-19(3)16(21)13-8-6-5-7-9-13/h5-9,11H,4,10H2,1-3H3,(H2,17,18,20). The van der Waals surface area contributed by atoms with Crippen LogP contribution in [0.3, 0.4) is 0 Å². The summed E-state index contributed by atoms with van der Waals surface area (Å²) >= 11 is 0. The normalized spacial score (nSPS) is 12.1. The molecule has 0 saturated heterocycles. The maximum absolute atomic E-state index is 12.3. The predicted octanol–water partition coefficient (Wildman–Crippen LogP) is 2.00. The number of hydrogen-bond donors (Lipinski definition) is 1. The molecule has 1 aromatic carbocycles. The van der Waals surface area contributed by atoms with E-state index < -0.39 is 5.91 Å². The number of carbonyl (C=O) groups excluding carboxylic acids is 2. The molecule has 0 aliphatic rings. The van der Waals surface area contributed by atoms with Gasteiger partial charge >= 0.3 is 0 Å². The van der Waals surface area contributed by atoms with Gasteiger partial charge in [-0.1, -0.05) is 30.7 Å². The minimum atomic E-state index is -0.399. The van der Waals surface area contributed by atoms with Crippen molar-refractivity contribution in [1.29, 1.82) is 0 Å². The molecule has 0 aliphatic heterocycles. The summed E-state index contributed by atoms with van der Waals surface area (Å²) in [6.07, 6.45) is 1.69. The number of nitrogens with two attached hydrogens (primary N) is 1. The lowest BCUT2D eigenvalue weighted by molar-refractivity contribution is -0.114. The number of nitrogens with zero attached hydrogens (tertiary/aromatic N) is 2. The predicted molar refractivity (Wildman–Crippen MR) is 84.1 cm³/mol. The molecule has 0 fully saturated rings. The third-order valence-electron chi connectivity index (χ3n) is 3.26. The number of allylic oxidation sites excluding steroid dienone is 1. The van der Waals surface area contributed by atoms with E-state index in [1.54, 1.807) is 31.3 Å². The second-order valence-corrected chi connectivity index (χ2v) is 4.72. The van der Waals surface area contributed by atoms with Gasteiger partial charge in [-0.25, -0.2) is 4.99 Å². The zero-order chi connectivity index (χ0) is 15.8. The summed E-state index contributed by atoms with van der Waals surface area (Å²) in [4.78, 5) is 29.4. The molecule has 5 heteroatoms. The molecule has 2 amide bonds. The molecular weight excluding hydrogens is 266 g/mol. The lowest BCUT2D eigenvalue weighted by atomic mass is 10.1. The molecule has 0 radical (unpaired) electrons. The van der Waals surface area contributed by atoms with E-state index in [0.29, 0.717) is 17.6 Å². The molecule has 0 unspecified atom stereocenters. The first-order chi connectivity index (χ1) is 10.0. The average molecular weight is 287 g/mol. The fraction of sp³-hybridized carbons (Fsp3) is 0.312. The Balaban J connectivity index is 2.94. The van der Waals surface area contributed by atoms with Crippen LogP contribution in [0.15, 0.2) is 46.5 Å². The van der Waals surface area contributed by atoms with Crippen molar-refractivity contribution in [3.63, 3.8) is 0 Å². The highest BCUT2D eigenvalue weighted by molar-refractivity contribution is 6.00. The van der Waals surface area contributed by atoms with Gasteiger partial charge < -0.3 is 10.6 Å². The van der Waals surface area contributed by atoms with Crippen LogP contribution in [0.4, 0.5) is 0 Å². The van der Waals surface area contributed by atoms with Gasteiger partial charge in [-0.2, -0.15) is 0 Å². The van der Waals surface area contributed by atoms with Gasteiger partial charge in [0.2, 0.25) is 0 Å². The quantitative estimate of drug-likeness (QED) is 0.511. The Hall–Kier alpha value is -2.43. The molecule has 0 bridgehead atoms. The Morgan fingerprint density at radius 3 is 2.43 bits per heavy atom. The van der Waals surface area contributed by atoms with Crippen molar-refractivity contribution < 1.29 is 9.59 Å². The number of hydrogen-bond acceptors (Lipinski definition) is 2. The van der Waals surface area contributed by atoms with Gasteiger partial charge in [0.1, 0.15) is 0 Å². The van der Waals surface area contributed by atoms with Crippen molar-refractivity contribution in [2.24, 2.45) is 10.7 Å². The number of carbonyl (C=O) groups is 2. The molecule has 0 aromatic heterocycles. The van der Waals surface area contributed by atoms with Crippen LogP contribution in [-0.2, 0) is 4.79 Å². The Labute approximate surface area is 125 Å². The molecule has 0 aliphatic carbocycles. The summed E-state index contributed by atoms with van der Waals surface area (Å²) in [7, 11) is 1.66. The van der Waals surface area contributed by atoms with E-state index in [4.69, 9.17) is 5.73 Å². The minimum absolute atomic E-state index is 0.137. The van der Waals surface area contributed by atoms with E-state index in [9.17, 15) is 9.59 Å². The Bertz CT molecular complexity index is 562. The van der Waals surface area contributed by atoms with Crippen LogP contribution < -0.4 is 5.73 Å². The number of amides is 2. The summed E-state index contributed by atoms with van der Waals surface area (Å²) in [5.41, 5.74) is 7.17. The number of likely N-dealkylation sites (N-methyl/N-ethyl adjacent to an activating group) is 1. The molecule has 0 heterocycles. The first-order valence-corrected chi connectivity index (χ1v) is 6.79. The van der Waals surface area contributed by atoms with Gasteiger partial charge in [0.25, 0.3) is 11.8 Å². The number of rotatable bonds is 5. The van der Waals surface area contributed by atoms with Crippen LogP contribution in [0.5, 0.6) is 0 Å². The highest BCUT2D eigenvalue weighted by Crippen LogP contribution is 2.13. The molecule has 0 saturated carbocycles. The first-order valence-electron chi connectivity index (χ1n) is 6.79. The third-order valence-corrected chi connectivity index (χ3v) is 3.26. The van der Waals surface area contributed by atoms with Crippen LogP contribution in [0, 0.1) is 0 Å². The zero-order valence-electron chi connectivity index (χ0n) is 12.7. The van der Waals surface area contributed by atoms with Crippen LogP contribution in [-0.4, -0.2) is 36.6 Å². The van der Waals surface area contributed by atoms with Gasteiger partial charge in [0, 0.05) is 18.2 Å².